The first kappa shape index (κ1) is 67.3. The van der Waals surface area contributed by atoms with Crippen molar-refractivity contribution in [2.45, 2.75) is 300 Å². The van der Waals surface area contributed by atoms with Crippen molar-refractivity contribution in [1.82, 2.24) is 0 Å². The maximum atomic E-state index is 13.1. The van der Waals surface area contributed by atoms with Crippen molar-refractivity contribution in [2.24, 2.45) is 0 Å². The van der Waals surface area contributed by atoms with Crippen LogP contribution in [0.3, 0.4) is 0 Å². The van der Waals surface area contributed by atoms with Gasteiger partial charge < -0.3 is 64.2 Å². The van der Waals surface area contributed by atoms with Gasteiger partial charge in [0, 0.05) is 13.0 Å². The summed E-state index contributed by atoms with van der Waals surface area (Å²) in [5, 5.41) is 72.4. The molecule has 0 aromatic heterocycles. The lowest BCUT2D eigenvalue weighted by Crippen LogP contribution is -2.61. The van der Waals surface area contributed by atoms with Gasteiger partial charge in [-0.15, -0.1) is 0 Å². The van der Waals surface area contributed by atoms with Gasteiger partial charge in [-0.2, -0.15) is 0 Å². The van der Waals surface area contributed by atoms with Crippen LogP contribution in [-0.2, 0) is 33.2 Å². The zero-order valence-corrected chi connectivity index (χ0v) is 45.9. The Balaban J connectivity index is 1.71. The van der Waals surface area contributed by atoms with Crippen molar-refractivity contribution in [3.63, 3.8) is 0 Å². The minimum absolute atomic E-state index is 0.0606. The number of carbonyl (C=O) groups excluding carboxylic acids is 1. The number of rotatable bonds is 48. The van der Waals surface area contributed by atoms with E-state index in [0.29, 0.717) is 13.0 Å². The maximum Gasteiger partial charge on any atom is 0.306 e. The first-order valence-electron chi connectivity index (χ1n) is 29.6. The number of aliphatic hydroxyl groups excluding tert-OH is 7. The first-order valence-corrected chi connectivity index (χ1v) is 29.6. The number of unbranched alkanes of at least 4 members (excludes halogenated alkanes) is 28. The number of hydrogen-bond acceptors (Lipinski definition) is 14. The highest BCUT2D eigenvalue weighted by Gasteiger charge is 2.47. The summed E-state index contributed by atoms with van der Waals surface area (Å²) in [6.07, 6.45) is 37.7. The second kappa shape index (κ2) is 46.3. The molecule has 0 bridgehead atoms. The van der Waals surface area contributed by atoms with Crippen LogP contribution in [0.5, 0.6) is 0 Å². The molecule has 0 aromatic rings. The molecule has 2 saturated heterocycles. The Kier molecular flexibility index (Phi) is 42.7. The largest absolute Gasteiger partial charge is 0.457 e. The molecule has 11 atom stereocenters. The average molecular weight is 1040 g/mol. The first-order chi connectivity index (χ1) is 35.6. The minimum Gasteiger partial charge on any atom is -0.457 e. The monoisotopic (exact) mass is 1040 g/mol. The molecular formula is C59H108O14. The molecule has 2 aliphatic heterocycles. The van der Waals surface area contributed by atoms with Crippen molar-refractivity contribution in [3.05, 3.63) is 36.5 Å². The molecule has 0 aromatic carbocycles. The Morgan fingerprint density at radius 3 is 1.36 bits per heavy atom. The van der Waals surface area contributed by atoms with Crippen LogP contribution in [0.25, 0.3) is 0 Å². The molecular weight excluding hydrogens is 933 g/mol. The molecule has 428 valence electrons. The SMILES string of the molecule is CCCCC/C=C\C/C=C\CCCCCCCCCCCC(=O)OC(COCCCCCCCCCCCC/C=C\CCCCCCCC)COC1OC(COC2OC(CO)C(O)C(O)C2O)C(O)C(O)C1O. The number of ether oxygens (including phenoxy) is 6. The third-order valence-electron chi connectivity index (χ3n) is 14.1. The molecule has 0 amide bonds. The van der Waals surface area contributed by atoms with Crippen molar-refractivity contribution in [3.8, 4) is 0 Å². The summed E-state index contributed by atoms with van der Waals surface area (Å²) in [5.41, 5.74) is 0. The molecule has 2 aliphatic rings. The second-order valence-electron chi connectivity index (χ2n) is 20.8. The van der Waals surface area contributed by atoms with E-state index in [1.165, 1.54) is 154 Å². The van der Waals surface area contributed by atoms with Gasteiger partial charge in [0.25, 0.3) is 0 Å². The van der Waals surface area contributed by atoms with Gasteiger partial charge in [0.2, 0.25) is 0 Å². The topological polar surface area (TPSA) is 214 Å². The number of allylic oxidation sites excluding steroid dienone is 6. The Bertz CT molecular complexity index is 1350. The van der Waals surface area contributed by atoms with E-state index in [1.807, 2.05) is 0 Å². The number of esters is 1. The summed E-state index contributed by atoms with van der Waals surface area (Å²) in [4.78, 5) is 13.1. The normalized spacial score (nSPS) is 25.2. The van der Waals surface area contributed by atoms with Gasteiger partial charge in [0.05, 0.1) is 26.4 Å². The summed E-state index contributed by atoms with van der Waals surface area (Å²) >= 11 is 0. The molecule has 2 heterocycles. The lowest BCUT2D eigenvalue weighted by Gasteiger charge is -2.42. The molecule has 14 nitrogen and oxygen atoms in total. The van der Waals surface area contributed by atoms with Crippen molar-refractivity contribution >= 4 is 5.97 Å². The average Bonchev–Trinajstić information content (AvgIpc) is 3.39. The van der Waals surface area contributed by atoms with Crippen LogP contribution in [0.2, 0.25) is 0 Å². The Morgan fingerprint density at radius 1 is 0.452 bits per heavy atom. The zero-order chi connectivity index (χ0) is 53.0. The van der Waals surface area contributed by atoms with Crippen molar-refractivity contribution < 1.29 is 69.0 Å². The molecule has 0 aliphatic carbocycles. The van der Waals surface area contributed by atoms with E-state index in [9.17, 15) is 40.5 Å². The van der Waals surface area contributed by atoms with Crippen LogP contribution in [0.4, 0.5) is 0 Å². The summed E-state index contributed by atoms with van der Waals surface area (Å²) in [5.74, 6) is -0.378. The van der Waals surface area contributed by atoms with E-state index in [0.717, 1.165) is 51.4 Å². The Hall–Kier alpha value is -1.79. The smallest absolute Gasteiger partial charge is 0.306 e. The number of aliphatic hydroxyl groups is 7. The molecule has 2 rings (SSSR count). The van der Waals surface area contributed by atoms with Crippen molar-refractivity contribution in [1.29, 1.82) is 0 Å². The highest BCUT2D eigenvalue weighted by atomic mass is 16.7. The molecule has 14 heteroatoms. The molecule has 0 spiro atoms. The standard InChI is InChI=1S/C59H108O14/c1-3-5-7-9-11-13-15-17-19-21-23-25-27-29-31-33-35-37-39-41-43-68-45-48(71-51(61)42-40-38-36-34-32-30-28-26-24-22-20-18-16-14-12-10-8-6-4-2)46-69-58-57(67)55(65)53(63)50(73-58)47-70-59-56(66)54(64)52(62)49(44-60)72-59/h12,14,17-20,48-50,52-60,62-67H,3-11,13,15-16,21-47H2,1-2H3/b14-12-,19-17-,20-18-. The van der Waals surface area contributed by atoms with Crippen LogP contribution < -0.4 is 0 Å². The van der Waals surface area contributed by atoms with E-state index in [4.69, 9.17) is 28.4 Å². The fourth-order valence-corrected chi connectivity index (χ4v) is 9.31. The van der Waals surface area contributed by atoms with Crippen LogP contribution in [0, 0.1) is 0 Å². The maximum absolute atomic E-state index is 13.1. The van der Waals surface area contributed by atoms with E-state index in [2.05, 4.69) is 50.3 Å². The van der Waals surface area contributed by atoms with E-state index in [1.54, 1.807) is 0 Å². The second-order valence-corrected chi connectivity index (χ2v) is 20.8. The molecule has 0 saturated carbocycles. The summed E-state index contributed by atoms with van der Waals surface area (Å²) in [7, 11) is 0. The summed E-state index contributed by atoms with van der Waals surface area (Å²) in [6, 6.07) is 0. The Labute approximate surface area is 442 Å². The predicted octanol–water partition coefficient (Wildman–Crippen LogP) is 10.5. The van der Waals surface area contributed by atoms with Gasteiger partial charge in [-0.25, -0.2) is 0 Å². The van der Waals surface area contributed by atoms with E-state index >= 15 is 0 Å². The van der Waals surface area contributed by atoms with Crippen molar-refractivity contribution in [2.75, 3.05) is 33.0 Å². The number of hydrogen-bond donors (Lipinski definition) is 7. The Morgan fingerprint density at radius 2 is 0.849 bits per heavy atom. The van der Waals surface area contributed by atoms with Crippen LogP contribution in [0.15, 0.2) is 36.5 Å². The van der Waals surface area contributed by atoms with Crippen LogP contribution in [-0.4, -0.2) is 142 Å². The van der Waals surface area contributed by atoms with Crippen LogP contribution >= 0.6 is 0 Å². The summed E-state index contributed by atoms with van der Waals surface area (Å²) < 4.78 is 34.4. The number of carbonyl (C=O) groups is 1. The molecule has 0 radical (unpaired) electrons. The van der Waals surface area contributed by atoms with E-state index < -0.39 is 80.7 Å². The third kappa shape index (κ3) is 33.2. The lowest BCUT2D eigenvalue weighted by molar-refractivity contribution is -0.332. The van der Waals surface area contributed by atoms with E-state index in [-0.39, 0.29) is 25.6 Å². The quantitative estimate of drug-likeness (QED) is 0.0172. The van der Waals surface area contributed by atoms with Gasteiger partial charge in [-0.05, 0) is 70.6 Å². The minimum atomic E-state index is -1.71. The summed E-state index contributed by atoms with van der Waals surface area (Å²) in [6.45, 7) is 3.69. The lowest BCUT2D eigenvalue weighted by atomic mass is 9.98. The van der Waals surface area contributed by atoms with Gasteiger partial charge in [0.1, 0.15) is 54.9 Å². The fraction of sp³-hybridized carbons (Fsp3) is 0.881. The molecule has 73 heavy (non-hydrogen) atoms. The van der Waals surface area contributed by atoms with Gasteiger partial charge in [-0.1, -0.05) is 192 Å². The zero-order valence-electron chi connectivity index (χ0n) is 45.9. The molecule has 2 fully saturated rings. The van der Waals surface area contributed by atoms with Gasteiger partial charge in [0.15, 0.2) is 12.6 Å². The molecule has 7 N–H and O–H groups in total. The predicted molar refractivity (Wildman–Crippen MR) is 289 cm³/mol. The molecule has 11 unspecified atom stereocenters. The highest BCUT2D eigenvalue weighted by molar-refractivity contribution is 5.69. The third-order valence-corrected chi connectivity index (χ3v) is 14.1. The van der Waals surface area contributed by atoms with Gasteiger partial charge >= 0.3 is 5.97 Å². The highest BCUT2D eigenvalue weighted by Crippen LogP contribution is 2.27. The van der Waals surface area contributed by atoms with Gasteiger partial charge in [-0.3, -0.25) is 4.79 Å². The fourth-order valence-electron chi connectivity index (χ4n) is 9.31. The van der Waals surface area contributed by atoms with Crippen LogP contribution in [0.1, 0.15) is 232 Å².